The molecule has 0 saturated heterocycles. The maximum absolute atomic E-state index is 12.4. The second-order valence-corrected chi connectivity index (χ2v) is 6.45. The number of anilines is 1. The summed E-state index contributed by atoms with van der Waals surface area (Å²) in [6, 6.07) is 4.48. The number of esters is 1. The Hall–Kier alpha value is -2.37. The van der Waals surface area contributed by atoms with Crippen LogP contribution in [0.4, 0.5) is 11.4 Å². The molecule has 5 atom stereocenters. The first-order valence-corrected chi connectivity index (χ1v) is 8.00. The largest absolute Gasteiger partial charge is 0.464 e. The summed E-state index contributed by atoms with van der Waals surface area (Å²) in [5.74, 6) is 0.714. The Morgan fingerprint density at radius 1 is 1.39 bits per heavy atom. The van der Waals surface area contributed by atoms with Crippen LogP contribution in [-0.4, -0.2) is 23.5 Å². The van der Waals surface area contributed by atoms with Crippen LogP contribution in [0.3, 0.4) is 0 Å². The molecule has 1 heterocycles. The fourth-order valence-corrected chi connectivity index (χ4v) is 4.54. The van der Waals surface area contributed by atoms with E-state index in [1.807, 2.05) is 0 Å². The molecule has 0 amide bonds. The third-order valence-corrected chi connectivity index (χ3v) is 5.36. The van der Waals surface area contributed by atoms with Crippen LogP contribution in [-0.2, 0) is 9.53 Å². The van der Waals surface area contributed by atoms with Crippen LogP contribution in [0.15, 0.2) is 30.4 Å². The number of nitrogens with one attached hydrogen (secondary N) is 1. The zero-order valence-corrected chi connectivity index (χ0v) is 12.8. The van der Waals surface area contributed by atoms with Crippen molar-refractivity contribution in [3.8, 4) is 0 Å². The summed E-state index contributed by atoms with van der Waals surface area (Å²) in [5, 5.41) is 14.4. The van der Waals surface area contributed by atoms with E-state index in [-0.39, 0.29) is 34.5 Å². The Bertz CT molecular complexity index is 715. The number of hydrogen-bond donors (Lipinski definition) is 1. The molecule has 1 aromatic rings. The molecule has 120 valence electrons. The van der Waals surface area contributed by atoms with E-state index < -0.39 is 0 Å². The number of ether oxygens (including phenoxy) is 1. The lowest BCUT2D eigenvalue weighted by atomic mass is 9.71. The molecule has 23 heavy (non-hydrogen) atoms. The molecule has 0 aromatic heterocycles. The molecule has 0 unspecified atom stereocenters. The Morgan fingerprint density at radius 3 is 2.91 bits per heavy atom. The van der Waals surface area contributed by atoms with Crippen molar-refractivity contribution in [2.75, 3.05) is 11.9 Å². The monoisotopic (exact) mass is 314 g/mol. The number of hydrogen-bond acceptors (Lipinski definition) is 5. The van der Waals surface area contributed by atoms with Gasteiger partial charge >= 0.3 is 5.97 Å². The summed E-state index contributed by atoms with van der Waals surface area (Å²) >= 11 is 0. The Kier molecular flexibility index (Phi) is 3.14. The molecule has 4 rings (SSSR count). The number of fused-ring (bicyclic) bond motifs is 7. The number of carbonyl (C=O) groups is 1. The van der Waals surface area contributed by atoms with Crippen LogP contribution in [0, 0.1) is 27.9 Å². The third kappa shape index (κ3) is 2.04. The van der Waals surface area contributed by atoms with Crippen molar-refractivity contribution in [2.45, 2.75) is 25.3 Å². The van der Waals surface area contributed by atoms with Gasteiger partial charge in [0, 0.05) is 23.7 Å². The number of nitro benzene ring substituents is 1. The molecular weight excluding hydrogens is 296 g/mol. The van der Waals surface area contributed by atoms with Gasteiger partial charge in [-0.15, -0.1) is 0 Å². The number of carbonyl (C=O) groups excluding carboxylic acids is 1. The van der Waals surface area contributed by atoms with Gasteiger partial charge in [-0.2, -0.15) is 0 Å². The number of allylic oxidation sites excluding steroid dienone is 2. The van der Waals surface area contributed by atoms with Crippen LogP contribution >= 0.6 is 0 Å². The van der Waals surface area contributed by atoms with Gasteiger partial charge < -0.3 is 10.1 Å². The average Bonchev–Trinajstić information content (AvgIpc) is 3.15. The summed E-state index contributed by atoms with van der Waals surface area (Å²) in [7, 11) is 0. The minimum Gasteiger partial charge on any atom is -0.464 e. The van der Waals surface area contributed by atoms with Gasteiger partial charge in [-0.25, -0.2) is 4.79 Å². The predicted molar refractivity (Wildman–Crippen MR) is 84.1 cm³/mol. The van der Waals surface area contributed by atoms with Crippen LogP contribution in [0.1, 0.15) is 24.8 Å². The first-order valence-electron chi connectivity index (χ1n) is 8.00. The number of rotatable bonds is 3. The molecule has 2 aliphatic carbocycles. The maximum atomic E-state index is 12.4. The van der Waals surface area contributed by atoms with Gasteiger partial charge in [0.15, 0.2) is 0 Å². The molecule has 6 heteroatoms. The summed E-state index contributed by atoms with van der Waals surface area (Å²) in [4.78, 5) is 23.1. The van der Waals surface area contributed by atoms with Gasteiger partial charge in [0.05, 0.1) is 11.5 Å². The smallest absolute Gasteiger partial charge is 0.328 e. The molecule has 2 bridgehead atoms. The number of benzene rings is 1. The Labute approximate surface area is 133 Å². The normalized spacial score (nSPS) is 32.8. The lowest BCUT2D eigenvalue weighted by Gasteiger charge is -2.40. The molecule has 1 aliphatic heterocycles. The predicted octanol–water partition coefficient (Wildman–Crippen LogP) is 2.86. The minimum absolute atomic E-state index is 0.102. The van der Waals surface area contributed by atoms with Crippen molar-refractivity contribution in [1.82, 2.24) is 0 Å². The average molecular weight is 314 g/mol. The topological polar surface area (TPSA) is 81.5 Å². The van der Waals surface area contributed by atoms with Crippen molar-refractivity contribution in [2.24, 2.45) is 17.8 Å². The Morgan fingerprint density at radius 2 is 2.17 bits per heavy atom. The van der Waals surface area contributed by atoms with E-state index >= 15 is 0 Å². The highest BCUT2D eigenvalue weighted by molar-refractivity contribution is 5.82. The summed E-state index contributed by atoms with van der Waals surface area (Å²) in [5.41, 5.74) is 1.88. The highest BCUT2D eigenvalue weighted by Gasteiger charge is 2.53. The molecule has 0 radical (unpaired) electrons. The fraction of sp³-hybridized carbons (Fsp3) is 0.471. The summed E-state index contributed by atoms with van der Waals surface area (Å²) in [6.07, 6.45) is 5.39. The molecule has 3 aliphatic rings. The zero-order valence-electron chi connectivity index (χ0n) is 12.8. The van der Waals surface area contributed by atoms with E-state index in [0.29, 0.717) is 18.4 Å². The number of nitro groups is 1. The highest BCUT2D eigenvalue weighted by Crippen LogP contribution is 2.58. The Balaban J connectivity index is 1.79. The second-order valence-electron chi connectivity index (χ2n) is 6.45. The van der Waals surface area contributed by atoms with Crippen molar-refractivity contribution in [1.29, 1.82) is 0 Å². The van der Waals surface area contributed by atoms with E-state index in [2.05, 4.69) is 17.5 Å². The van der Waals surface area contributed by atoms with Crippen LogP contribution in [0.2, 0.25) is 0 Å². The van der Waals surface area contributed by atoms with E-state index in [1.165, 1.54) is 6.07 Å². The molecule has 1 fully saturated rings. The maximum Gasteiger partial charge on any atom is 0.328 e. The van der Waals surface area contributed by atoms with Crippen LogP contribution < -0.4 is 5.32 Å². The van der Waals surface area contributed by atoms with E-state index in [0.717, 1.165) is 17.7 Å². The van der Waals surface area contributed by atoms with Gasteiger partial charge in [0.2, 0.25) is 0 Å². The third-order valence-electron chi connectivity index (χ3n) is 5.36. The van der Waals surface area contributed by atoms with Crippen molar-refractivity contribution in [3.05, 3.63) is 46.0 Å². The lowest BCUT2D eigenvalue weighted by molar-refractivity contribution is -0.384. The van der Waals surface area contributed by atoms with E-state index in [1.54, 1.807) is 19.1 Å². The molecule has 1 saturated carbocycles. The zero-order chi connectivity index (χ0) is 16.1. The first kappa shape index (κ1) is 14.2. The van der Waals surface area contributed by atoms with Crippen molar-refractivity contribution in [3.63, 3.8) is 0 Å². The SMILES string of the molecule is CCOC(=O)[C@H]1Nc2ccc([N+](=O)[O-])cc2[C@H]2[C@@H]1[C@@H]1C=C[C@H]2C1. The van der Waals surface area contributed by atoms with E-state index in [9.17, 15) is 14.9 Å². The summed E-state index contributed by atoms with van der Waals surface area (Å²) in [6.45, 7) is 2.15. The van der Waals surface area contributed by atoms with Gasteiger partial charge in [-0.3, -0.25) is 10.1 Å². The number of nitrogens with zero attached hydrogens (tertiary/aromatic N) is 1. The van der Waals surface area contributed by atoms with Gasteiger partial charge in [-0.05, 0) is 42.7 Å². The van der Waals surface area contributed by atoms with Crippen molar-refractivity contribution < 1.29 is 14.5 Å². The van der Waals surface area contributed by atoms with Crippen molar-refractivity contribution >= 4 is 17.3 Å². The minimum atomic E-state index is -0.381. The first-order chi connectivity index (χ1) is 11.1. The van der Waals surface area contributed by atoms with Crippen LogP contribution in [0.25, 0.3) is 0 Å². The van der Waals surface area contributed by atoms with E-state index in [4.69, 9.17) is 4.74 Å². The number of non-ortho nitro benzene ring substituents is 1. The van der Waals surface area contributed by atoms with Gasteiger partial charge in [-0.1, -0.05) is 12.2 Å². The van der Waals surface area contributed by atoms with Crippen LogP contribution in [0.5, 0.6) is 0 Å². The molecule has 1 aromatic carbocycles. The van der Waals surface area contributed by atoms with Gasteiger partial charge in [0.1, 0.15) is 6.04 Å². The second kappa shape index (κ2) is 5.08. The lowest BCUT2D eigenvalue weighted by Crippen LogP contribution is -2.46. The molecule has 0 spiro atoms. The quantitative estimate of drug-likeness (QED) is 0.401. The molecule has 1 N–H and O–H groups in total. The van der Waals surface area contributed by atoms with Gasteiger partial charge in [0.25, 0.3) is 5.69 Å². The highest BCUT2D eigenvalue weighted by atomic mass is 16.6. The molecular formula is C17H18N2O4. The standard InChI is InChI=1S/C17H18N2O4/c1-2-23-17(20)16-15-10-4-3-9(7-10)14(15)12-8-11(19(21)22)5-6-13(12)18-16/h3-6,8-10,14-16,18H,2,7H2,1H3/t9-,10+,14-,15-,16-/m0/s1. The summed E-state index contributed by atoms with van der Waals surface area (Å²) < 4.78 is 5.24. The fourth-order valence-electron chi connectivity index (χ4n) is 4.54. The molecule has 6 nitrogen and oxygen atoms in total.